The topological polar surface area (TPSA) is 98.9 Å². The minimum absolute atomic E-state index is 0.152. The number of fused-ring (bicyclic) bond motifs is 2. The molecule has 2 saturated carbocycles. The van der Waals surface area contributed by atoms with Crippen LogP contribution in [0.1, 0.15) is 71.7 Å². The zero-order valence-electron chi connectivity index (χ0n) is 24.3. The van der Waals surface area contributed by atoms with E-state index in [1.165, 1.54) is 0 Å². The van der Waals surface area contributed by atoms with Gasteiger partial charge in [0.15, 0.2) is 15.6 Å². The molecule has 2 bridgehead atoms. The summed E-state index contributed by atoms with van der Waals surface area (Å²) in [6, 6.07) is 13.7. The molecule has 10 heteroatoms. The summed E-state index contributed by atoms with van der Waals surface area (Å²) in [4.78, 5) is 15.2. The molecule has 228 valence electrons. The molecule has 3 heterocycles. The normalized spacial score (nSPS) is 24.1. The summed E-state index contributed by atoms with van der Waals surface area (Å²) in [5.41, 5.74) is 5.30. The zero-order chi connectivity index (χ0) is 29.7. The van der Waals surface area contributed by atoms with Crippen LogP contribution in [0.2, 0.25) is 5.02 Å². The highest BCUT2D eigenvalue weighted by Gasteiger charge is 2.46. The molecule has 0 radical (unpaired) electrons. The maximum atomic E-state index is 12.8. The number of carbonyl (C=O) groups is 1. The molecule has 7 rings (SSSR count). The van der Waals surface area contributed by atoms with Gasteiger partial charge in [-0.05, 0) is 81.3 Å². The number of piperidine rings is 1. The molecule has 1 aromatic heterocycles. The van der Waals surface area contributed by atoms with Crippen molar-refractivity contribution in [2.75, 3.05) is 30.4 Å². The summed E-state index contributed by atoms with van der Waals surface area (Å²) in [6.07, 6.45) is 5.28. The average Bonchev–Trinajstić information content (AvgIpc) is 3.45. The maximum Gasteiger partial charge on any atom is 0.177 e. The van der Waals surface area contributed by atoms with E-state index in [9.17, 15) is 13.2 Å². The third-order valence-electron chi connectivity index (χ3n) is 9.67. The van der Waals surface area contributed by atoms with Crippen LogP contribution in [0.4, 0.5) is 5.69 Å². The van der Waals surface area contributed by atoms with Gasteiger partial charge in [-0.2, -0.15) is 0 Å². The van der Waals surface area contributed by atoms with E-state index >= 15 is 0 Å². The molecular formula is C33H37ClN2O6S. The summed E-state index contributed by atoms with van der Waals surface area (Å²) >= 11 is 6.60. The van der Waals surface area contributed by atoms with Gasteiger partial charge in [-0.1, -0.05) is 28.9 Å². The molecule has 43 heavy (non-hydrogen) atoms. The number of sulfone groups is 1. The standard InChI is InChI=1S/C33H37ClN2O6S/c1-20-3-2-4-28(34)31(20)32-27(33(42-35-32)22-5-6-22)18-41-30-16-25-15-23(30)17-36(25)24-9-7-21(8-10-24)29(37)19-43(38,39)26-11-13-40-14-12-26/h2-4,7-10,22-23,25-26,30H,5-6,11-19H2,1H3/t23-,25-,30+/m0/s1. The first kappa shape index (κ1) is 29.0. The minimum atomic E-state index is -3.49. The lowest BCUT2D eigenvalue weighted by molar-refractivity contribution is 0.0122. The maximum absolute atomic E-state index is 12.8. The molecule has 4 aliphatic rings. The number of ketones is 1. The highest BCUT2D eigenvalue weighted by molar-refractivity contribution is 7.92. The summed E-state index contributed by atoms with van der Waals surface area (Å²) in [6.45, 7) is 4.25. The molecule has 2 saturated heterocycles. The number of nitrogens with zero attached hydrogens (tertiary/aromatic N) is 2. The van der Waals surface area contributed by atoms with E-state index in [1.54, 1.807) is 12.1 Å². The van der Waals surface area contributed by atoms with Crippen molar-refractivity contribution in [2.45, 2.75) is 75.4 Å². The Kier molecular flexibility index (Phi) is 7.86. The Bertz CT molecular complexity index is 1590. The predicted molar refractivity (Wildman–Crippen MR) is 164 cm³/mol. The number of Topliss-reactive ketones (excluding diaryl/α,β-unsaturated/α-hetero) is 1. The molecule has 0 unspecified atom stereocenters. The first-order valence-electron chi connectivity index (χ1n) is 15.3. The Labute approximate surface area is 257 Å². The quantitative estimate of drug-likeness (QED) is 0.248. The second kappa shape index (κ2) is 11.7. The number of benzene rings is 2. The van der Waals surface area contributed by atoms with E-state index in [1.807, 2.05) is 37.3 Å². The second-order valence-electron chi connectivity index (χ2n) is 12.6. The summed E-state index contributed by atoms with van der Waals surface area (Å²) in [7, 11) is -3.49. The smallest absolute Gasteiger partial charge is 0.177 e. The first-order chi connectivity index (χ1) is 20.8. The van der Waals surface area contributed by atoms with E-state index in [0.29, 0.717) is 61.1 Å². The molecule has 8 nitrogen and oxygen atoms in total. The van der Waals surface area contributed by atoms with E-state index in [0.717, 1.165) is 66.1 Å². The summed E-state index contributed by atoms with van der Waals surface area (Å²) in [5.74, 6) is 0.965. The van der Waals surface area contributed by atoms with Crippen LogP contribution < -0.4 is 4.90 Å². The van der Waals surface area contributed by atoms with Crippen molar-refractivity contribution in [3.05, 3.63) is 69.9 Å². The van der Waals surface area contributed by atoms with Crippen LogP contribution in [-0.4, -0.2) is 62.3 Å². The van der Waals surface area contributed by atoms with Crippen molar-refractivity contribution in [3.63, 3.8) is 0 Å². The number of aromatic nitrogens is 1. The minimum Gasteiger partial charge on any atom is -0.381 e. The highest BCUT2D eigenvalue weighted by Crippen LogP contribution is 2.47. The van der Waals surface area contributed by atoms with Crippen LogP contribution in [0.25, 0.3) is 11.3 Å². The largest absolute Gasteiger partial charge is 0.381 e. The van der Waals surface area contributed by atoms with Gasteiger partial charge in [0.05, 0.1) is 23.0 Å². The SMILES string of the molecule is Cc1cccc(Cl)c1-c1noc(C2CC2)c1CO[C@@H]1C[C@@H]2C[C@H]1CN2c1ccc(C(=O)CS(=O)(=O)C2CCOCC2)cc1. The van der Waals surface area contributed by atoms with Crippen LogP contribution in [-0.2, 0) is 25.9 Å². The lowest BCUT2D eigenvalue weighted by atomic mass is 10.00. The number of carbonyl (C=O) groups excluding carboxylic acids is 1. The lowest BCUT2D eigenvalue weighted by Crippen LogP contribution is -2.38. The second-order valence-corrected chi connectivity index (χ2v) is 15.2. The van der Waals surface area contributed by atoms with Gasteiger partial charge in [-0.15, -0.1) is 0 Å². The molecule has 0 amide bonds. The number of rotatable bonds is 10. The van der Waals surface area contributed by atoms with Gasteiger partial charge in [0.2, 0.25) is 0 Å². The first-order valence-corrected chi connectivity index (χ1v) is 17.4. The molecule has 2 aromatic carbocycles. The van der Waals surface area contributed by atoms with Crippen LogP contribution in [0.3, 0.4) is 0 Å². The molecule has 3 atom stereocenters. The molecule has 2 aliphatic heterocycles. The van der Waals surface area contributed by atoms with Crippen molar-refractivity contribution in [3.8, 4) is 11.3 Å². The third kappa shape index (κ3) is 5.77. The van der Waals surface area contributed by atoms with Crippen molar-refractivity contribution >= 4 is 32.9 Å². The van der Waals surface area contributed by atoms with Gasteiger partial charge in [-0.25, -0.2) is 8.42 Å². The van der Waals surface area contributed by atoms with Gasteiger partial charge < -0.3 is 18.9 Å². The Morgan fingerprint density at radius 2 is 1.84 bits per heavy atom. The van der Waals surface area contributed by atoms with Crippen LogP contribution >= 0.6 is 11.6 Å². The molecular weight excluding hydrogens is 588 g/mol. The van der Waals surface area contributed by atoms with E-state index in [2.05, 4.69) is 10.1 Å². The zero-order valence-corrected chi connectivity index (χ0v) is 25.9. The van der Waals surface area contributed by atoms with Gasteiger partial charge >= 0.3 is 0 Å². The van der Waals surface area contributed by atoms with Crippen LogP contribution in [0.5, 0.6) is 0 Å². The van der Waals surface area contributed by atoms with E-state index < -0.39 is 20.8 Å². The molecule has 2 aliphatic carbocycles. The van der Waals surface area contributed by atoms with Crippen LogP contribution in [0.15, 0.2) is 47.0 Å². The van der Waals surface area contributed by atoms with E-state index in [-0.39, 0.29) is 11.9 Å². The number of hydrogen-bond acceptors (Lipinski definition) is 8. The Balaban J connectivity index is 0.986. The number of hydrogen-bond donors (Lipinski definition) is 0. The fraction of sp³-hybridized carbons (Fsp3) is 0.515. The molecule has 4 fully saturated rings. The monoisotopic (exact) mass is 624 g/mol. The number of anilines is 1. The van der Waals surface area contributed by atoms with Crippen molar-refractivity contribution in [1.29, 1.82) is 0 Å². The van der Waals surface area contributed by atoms with E-state index in [4.69, 9.17) is 25.6 Å². The van der Waals surface area contributed by atoms with Gasteiger partial charge in [-0.3, -0.25) is 4.79 Å². The lowest BCUT2D eigenvalue weighted by Gasteiger charge is -2.33. The number of halogens is 1. The number of aryl methyl sites for hydroxylation is 1. The fourth-order valence-corrected chi connectivity index (χ4v) is 9.12. The number of ether oxygens (including phenoxy) is 2. The Hall–Kier alpha value is -2.72. The van der Waals surface area contributed by atoms with Crippen LogP contribution in [0, 0.1) is 12.8 Å². The third-order valence-corrected chi connectivity index (χ3v) is 12.1. The van der Waals surface area contributed by atoms with Crippen molar-refractivity contribution in [1.82, 2.24) is 5.16 Å². The average molecular weight is 625 g/mol. The van der Waals surface area contributed by atoms with Crippen molar-refractivity contribution in [2.24, 2.45) is 5.92 Å². The Morgan fingerprint density at radius 3 is 2.51 bits per heavy atom. The molecule has 0 N–H and O–H groups in total. The predicted octanol–water partition coefficient (Wildman–Crippen LogP) is 6.14. The van der Waals surface area contributed by atoms with Gasteiger partial charge in [0.1, 0.15) is 17.2 Å². The summed E-state index contributed by atoms with van der Waals surface area (Å²) in [5, 5.41) is 4.65. The molecule has 3 aromatic rings. The summed E-state index contributed by atoms with van der Waals surface area (Å²) < 4.78 is 43.2. The molecule has 0 spiro atoms. The Morgan fingerprint density at radius 1 is 1.07 bits per heavy atom. The highest BCUT2D eigenvalue weighted by atomic mass is 35.5. The van der Waals surface area contributed by atoms with Gasteiger partial charge in [0, 0.05) is 60.0 Å². The fourth-order valence-electron chi connectivity index (χ4n) is 7.13. The van der Waals surface area contributed by atoms with Crippen molar-refractivity contribution < 1.29 is 27.2 Å². The van der Waals surface area contributed by atoms with Gasteiger partial charge in [0.25, 0.3) is 0 Å².